The maximum Gasteiger partial charge on any atom is 0.416 e. The van der Waals surface area contributed by atoms with Crippen LogP contribution in [0.25, 0.3) is 11.4 Å². The van der Waals surface area contributed by atoms with E-state index in [-0.39, 0.29) is 5.56 Å². The summed E-state index contributed by atoms with van der Waals surface area (Å²) in [6, 6.07) is 10.9. The van der Waals surface area contributed by atoms with E-state index in [2.05, 4.69) is 40.8 Å². The standard InChI is InChI=1S/C23H22F3N3O/c1-14-4-3-5-15(2)18(14)12-29-11-10-20-19(13-29)22(30)28-21(27-20)16-6-8-17(9-7-16)23(24,25)26/h3-9H,10-13H2,1-2H3,(H,27,28,30). The highest BCUT2D eigenvalue weighted by molar-refractivity contribution is 5.56. The highest BCUT2D eigenvalue weighted by Crippen LogP contribution is 2.30. The highest BCUT2D eigenvalue weighted by Gasteiger charge is 2.30. The van der Waals surface area contributed by atoms with E-state index in [0.29, 0.717) is 35.6 Å². The van der Waals surface area contributed by atoms with E-state index in [0.717, 1.165) is 25.2 Å². The minimum Gasteiger partial charge on any atom is -0.306 e. The normalized spacial score (nSPS) is 14.6. The third-order valence-corrected chi connectivity index (χ3v) is 5.66. The van der Waals surface area contributed by atoms with Crippen LogP contribution in [0.5, 0.6) is 0 Å². The molecule has 0 unspecified atom stereocenters. The average molecular weight is 413 g/mol. The lowest BCUT2D eigenvalue weighted by atomic mass is 10.0. The van der Waals surface area contributed by atoms with Crippen molar-refractivity contribution in [1.29, 1.82) is 0 Å². The number of alkyl halides is 3. The number of fused-ring (bicyclic) bond motifs is 1. The molecule has 1 aliphatic heterocycles. The number of aromatic nitrogens is 2. The molecule has 1 aromatic heterocycles. The number of H-pyrrole nitrogens is 1. The first-order chi connectivity index (χ1) is 14.2. The molecular weight excluding hydrogens is 391 g/mol. The number of aromatic amines is 1. The highest BCUT2D eigenvalue weighted by atomic mass is 19.4. The Morgan fingerprint density at radius 1 is 1.07 bits per heavy atom. The molecule has 3 aromatic rings. The minimum absolute atomic E-state index is 0.235. The molecule has 0 bridgehead atoms. The van der Waals surface area contributed by atoms with Gasteiger partial charge in [0.05, 0.1) is 16.8 Å². The first-order valence-corrected chi connectivity index (χ1v) is 9.79. The topological polar surface area (TPSA) is 49.0 Å². The molecule has 2 heterocycles. The molecule has 0 spiro atoms. The van der Waals surface area contributed by atoms with E-state index in [9.17, 15) is 18.0 Å². The smallest absolute Gasteiger partial charge is 0.306 e. The predicted molar refractivity (Wildman–Crippen MR) is 109 cm³/mol. The van der Waals surface area contributed by atoms with Gasteiger partial charge in [0.2, 0.25) is 0 Å². The summed E-state index contributed by atoms with van der Waals surface area (Å²) in [5, 5.41) is 0. The van der Waals surface area contributed by atoms with Crippen molar-refractivity contribution in [1.82, 2.24) is 14.9 Å². The Hall–Kier alpha value is -2.93. The Kier molecular flexibility index (Phi) is 5.24. The van der Waals surface area contributed by atoms with Gasteiger partial charge in [0, 0.05) is 31.6 Å². The Labute approximate surface area is 172 Å². The van der Waals surface area contributed by atoms with Gasteiger partial charge >= 0.3 is 6.18 Å². The zero-order valence-electron chi connectivity index (χ0n) is 16.8. The molecule has 7 heteroatoms. The maximum absolute atomic E-state index is 12.8. The predicted octanol–water partition coefficient (Wildman–Crippen LogP) is 4.63. The first-order valence-electron chi connectivity index (χ1n) is 9.79. The Bertz CT molecular complexity index is 1110. The zero-order valence-corrected chi connectivity index (χ0v) is 16.8. The number of benzene rings is 2. The molecule has 4 rings (SSSR count). The van der Waals surface area contributed by atoms with Crippen LogP contribution in [0.4, 0.5) is 13.2 Å². The minimum atomic E-state index is -4.39. The molecule has 0 fully saturated rings. The van der Waals surface area contributed by atoms with Gasteiger partial charge in [-0.25, -0.2) is 4.98 Å². The summed E-state index contributed by atoms with van der Waals surface area (Å²) in [7, 11) is 0. The fraction of sp³-hybridized carbons (Fsp3) is 0.304. The number of rotatable bonds is 3. The second-order valence-electron chi connectivity index (χ2n) is 7.75. The van der Waals surface area contributed by atoms with Crippen LogP contribution in [0.3, 0.4) is 0 Å². The van der Waals surface area contributed by atoms with Crippen molar-refractivity contribution in [2.75, 3.05) is 6.54 Å². The van der Waals surface area contributed by atoms with Crippen LogP contribution in [0.1, 0.15) is 33.5 Å². The van der Waals surface area contributed by atoms with E-state index in [1.54, 1.807) is 0 Å². The van der Waals surface area contributed by atoms with Gasteiger partial charge in [0.1, 0.15) is 5.82 Å². The summed E-state index contributed by atoms with van der Waals surface area (Å²) in [5.41, 5.74) is 4.56. The summed E-state index contributed by atoms with van der Waals surface area (Å²) >= 11 is 0. The van der Waals surface area contributed by atoms with Crippen molar-refractivity contribution in [3.63, 3.8) is 0 Å². The largest absolute Gasteiger partial charge is 0.416 e. The summed E-state index contributed by atoms with van der Waals surface area (Å²) < 4.78 is 38.3. The molecular formula is C23H22F3N3O. The van der Waals surface area contributed by atoms with E-state index >= 15 is 0 Å². The molecule has 0 saturated carbocycles. The summed E-state index contributed by atoms with van der Waals surface area (Å²) in [5.74, 6) is 0.302. The number of nitrogens with one attached hydrogen (secondary N) is 1. The SMILES string of the molecule is Cc1cccc(C)c1CN1CCc2nc(-c3ccc(C(F)(F)F)cc3)[nH]c(=O)c2C1. The van der Waals surface area contributed by atoms with Crippen molar-refractivity contribution in [2.45, 2.75) is 39.5 Å². The van der Waals surface area contributed by atoms with Crippen molar-refractivity contribution in [3.05, 3.63) is 86.3 Å². The number of aryl methyl sites for hydroxylation is 2. The lowest BCUT2D eigenvalue weighted by molar-refractivity contribution is -0.137. The van der Waals surface area contributed by atoms with E-state index < -0.39 is 11.7 Å². The molecule has 30 heavy (non-hydrogen) atoms. The molecule has 0 aliphatic carbocycles. The number of nitrogens with zero attached hydrogens (tertiary/aromatic N) is 2. The monoisotopic (exact) mass is 413 g/mol. The van der Waals surface area contributed by atoms with Gasteiger partial charge in [-0.05, 0) is 42.7 Å². The van der Waals surface area contributed by atoms with Gasteiger partial charge in [-0.3, -0.25) is 9.69 Å². The van der Waals surface area contributed by atoms with Gasteiger partial charge in [0.25, 0.3) is 5.56 Å². The fourth-order valence-electron chi connectivity index (χ4n) is 3.89. The Morgan fingerprint density at radius 2 is 1.73 bits per heavy atom. The van der Waals surface area contributed by atoms with Gasteiger partial charge in [-0.2, -0.15) is 13.2 Å². The van der Waals surface area contributed by atoms with E-state index in [1.165, 1.54) is 28.8 Å². The molecule has 2 aromatic carbocycles. The van der Waals surface area contributed by atoms with Crippen LogP contribution in [0, 0.1) is 13.8 Å². The van der Waals surface area contributed by atoms with Crippen LogP contribution >= 0.6 is 0 Å². The lowest BCUT2D eigenvalue weighted by Gasteiger charge is -2.28. The van der Waals surface area contributed by atoms with Crippen molar-refractivity contribution in [2.24, 2.45) is 0 Å². The van der Waals surface area contributed by atoms with Gasteiger partial charge in [-0.15, -0.1) is 0 Å². The Morgan fingerprint density at radius 3 is 2.37 bits per heavy atom. The molecule has 156 valence electrons. The van der Waals surface area contributed by atoms with Crippen LogP contribution in [0.15, 0.2) is 47.3 Å². The van der Waals surface area contributed by atoms with Crippen molar-refractivity contribution < 1.29 is 13.2 Å². The third kappa shape index (κ3) is 4.03. The molecule has 0 amide bonds. The maximum atomic E-state index is 12.8. The molecule has 0 radical (unpaired) electrons. The van der Waals surface area contributed by atoms with Gasteiger partial charge < -0.3 is 4.98 Å². The first kappa shape index (κ1) is 20.3. The lowest BCUT2D eigenvalue weighted by Crippen LogP contribution is -2.35. The van der Waals surface area contributed by atoms with Gasteiger partial charge in [0.15, 0.2) is 0 Å². The van der Waals surface area contributed by atoms with E-state index in [4.69, 9.17) is 0 Å². The number of halogens is 3. The summed E-state index contributed by atoms with van der Waals surface area (Å²) in [6.45, 7) is 6.20. The number of hydrogen-bond donors (Lipinski definition) is 1. The third-order valence-electron chi connectivity index (χ3n) is 5.66. The quantitative estimate of drug-likeness (QED) is 0.681. The van der Waals surface area contributed by atoms with Crippen LogP contribution in [-0.2, 0) is 25.7 Å². The molecule has 4 nitrogen and oxygen atoms in total. The second kappa shape index (κ2) is 7.72. The average Bonchev–Trinajstić information content (AvgIpc) is 2.70. The fourth-order valence-corrected chi connectivity index (χ4v) is 3.89. The molecule has 0 atom stereocenters. The van der Waals surface area contributed by atoms with Crippen LogP contribution < -0.4 is 5.56 Å². The molecule has 1 aliphatic rings. The van der Waals surface area contributed by atoms with Crippen LogP contribution in [-0.4, -0.2) is 21.4 Å². The van der Waals surface area contributed by atoms with Crippen molar-refractivity contribution >= 4 is 0 Å². The zero-order chi connectivity index (χ0) is 21.5. The molecule has 1 N–H and O–H groups in total. The molecule has 0 saturated heterocycles. The van der Waals surface area contributed by atoms with Gasteiger partial charge in [-0.1, -0.05) is 30.3 Å². The number of hydrogen-bond acceptors (Lipinski definition) is 3. The Balaban J connectivity index is 1.58. The van der Waals surface area contributed by atoms with Crippen LogP contribution in [0.2, 0.25) is 0 Å². The van der Waals surface area contributed by atoms with Crippen molar-refractivity contribution in [3.8, 4) is 11.4 Å². The summed E-state index contributed by atoms with van der Waals surface area (Å²) in [4.78, 5) is 22.2. The van der Waals surface area contributed by atoms with E-state index in [1.807, 2.05) is 6.07 Å². The summed E-state index contributed by atoms with van der Waals surface area (Å²) in [6.07, 6.45) is -3.77. The second-order valence-corrected chi connectivity index (χ2v) is 7.75.